The van der Waals surface area contributed by atoms with Crippen molar-refractivity contribution in [1.29, 1.82) is 0 Å². The van der Waals surface area contributed by atoms with Gasteiger partial charge in [-0.15, -0.1) is 0 Å². The van der Waals surface area contributed by atoms with Crippen molar-refractivity contribution in [2.45, 2.75) is 51.2 Å². The number of amides is 2. The number of rotatable bonds is 11. The lowest BCUT2D eigenvalue weighted by molar-refractivity contribution is -0.139. The van der Waals surface area contributed by atoms with Gasteiger partial charge in [-0.05, 0) is 75.2 Å². The molecule has 0 radical (unpaired) electrons. The maximum absolute atomic E-state index is 13.9. The molecular formula is C29H35N3O5S. The molecule has 0 fully saturated rings. The third-order valence-electron chi connectivity index (χ3n) is 6.17. The average molecular weight is 538 g/mol. The fraction of sp³-hybridized carbons (Fsp3) is 0.310. The van der Waals surface area contributed by atoms with Gasteiger partial charge in [0.2, 0.25) is 11.8 Å². The minimum atomic E-state index is -4.12. The van der Waals surface area contributed by atoms with Crippen molar-refractivity contribution in [3.63, 3.8) is 0 Å². The van der Waals surface area contributed by atoms with Crippen LogP contribution in [0.15, 0.2) is 83.8 Å². The van der Waals surface area contributed by atoms with Crippen molar-refractivity contribution < 1.29 is 22.7 Å². The van der Waals surface area contributed by atoms with E-state index in [-0.39, 0.29) is 23.4 Å². The predicted molar refractivity (Wildman–Crippen MR) is 148 cm³/mol. The molecule has 0 aromatic heterocycles. The van der Waals surface area contributed by atoms with Crippen LogP contribution in [0.1, 0.15) is 31.9 Å². The Morgan fingerprint density at radius 2 is 1.50 bits per heavy atom. The molecule has 0 heterocycles. The topological polar surface area (TPSA) is 96.0 Å². The average Bonchev–Trinajstić information content (AvgIpc) is 2.90. The summed E-state index contributed by atoms with van der Waals surface area (Å²) in [5.41, 5.74) is 2.17. The summed E-state index contributed by atoms with van der Waals surface area (Å²) >= 11 is 0. The van der Waals surface area contributed by atoms with E-state index < -0.39 is 28.5 Å². The lowest BCUT2D eigenvalue weighted by Gasteiger charge is -2.32. The van der Waals surface area contributed by atoms with Gasteiger partial charge in [-0.3, -0.25) is 13.9 Å². The Kier molecular flexibility index (Phi) is 9.52. The smallest absolute Gasteiger partial charge is 0.264 e. The second-order valence-corrected chi connectivity index (χ2v) is 11.2. The largest absolute Gasteiger partial charge is 0.497 e. The van der Waals surface area contributed by atoms with Crippen LogP contribution < -0.4 is 14.4 Å². The van der Waals surface area contributed by atoms with Crippen molar-refractivity contribution >= 4 is 27.5 Å². The number of hydrogen-bond acceptors (Lipinski definition) is 5. The van der Waals surface area contributed by atoms with Crippen molar-refractivity contribution in [2.24, 2.45) is 0 Å². The third kappa shape index (κ3) is 6.92. The first-order chi connectivity index (χ1) is 18.0. The van der Waals surface area contributed by atoms with Gasteiger partial charge in [0.15, 0.2) is 0 Å². The molecule has 3 rings (SSSR count). The number of anilines is 1. The Bertz CT molecular complexity index is 1340. The molecule has 202 valence electrons. The molecule has 3 aromatic carbocycles. The normalized spacial score (nSPS) is 12.1. The number of methoxy groups -OCH3 is 1. The molecule has 0 saturated carbocycles. The third-order valence-corrected chi connectivity index (χ3v) is 7.96. The first-order valence-electron chi connectivity index (χ1n) is 12.4. The van der Waals surface area contributed by atoms with Gasteiger partial charge < -0.3 is 15.0 Å². The number of para-hydroxylation sites is 1. The molecular weight excluding hydrogens is 502 g/mol. The minimum Gasteiger partial charge on any atom is -0.497 e. The Hall–Kier alpha value is -3.85. The molecule has 0 bridgehead atoms. The Labute approximate surface area is 225 Å². The number of aryl methyl sites for hydroxylation is 1. The molecule has 9 heteroatoms. The zero-order valence-electron chi connectivity index (χ0n) is 22.4. The summed E-state index contributed by atoms with van der Waals surface area (Å²) in [5, 5.41) is 2.85. The fourth-order valence-electron chi connectivity index (χ4n) is 3.96. The Morgan fingerprint density at radius 1 is 0.895 bits per heavy atom. The fourth-order valence-corrected chi connectivity index (χ4v) is 5.37. The SMILES string of the molecule is COc1ccc(S(=O)(=O)N(CC(=O)N(Cc2ccccc2C)C(C)C(=O)NC(C)C)c2ccccc2)cc1. The maximum atomic E-state index is 13.9. The summed E-state index contributed by atoms with van der Waals surface area (Å²) in [7, 11) is -2.63. The van der Waals surface area contributed by atoms with E-state index in [1.165, 1.54) is 24.1 Å². The number of nitrogens with one attached hydrogen (secondary N) is 1. The maximum Gasteiger partial charge on any atom is 0.264 e. The van der Waals surface area contributed by atoms with Gasteiger partial charge in [-0.25, -0.2) is 8.42 Å². The van der Waals surface area contributed by atoms with Crippen molar-refractivity contribution in [2.75, 3.05) is 18.0 Å². The number of carbonyl (C=O) groups is 2. The van der Waals surface area contributed by atoms with Gasteiger partial charge in [0, 0.05) is 12.6 Å². The zero-order chi connectivity index (χ0) is 27.9. The lowest BCUT2D eigenvalue weighted by Crippen LogP contribution is -2.52. The second-order valence-electron chi connectivity index (χ2n) is 9.31. The van der Waals surface area contributed by atoms with E-state index in [0.717, 1.165) is 15.4 Å². The monoisotopic (exact) mass is 537 g/mol. The molecule has 0 aliphatic carbocycles. The predicted octanol–water partition coefficient (Wildman–Crippen LogP) is 4.14. The Balaban J connectivity index is 2.01. The van der Waals surface area contributed by atoms with E-state index in [2.05, 4.69) is 5.32 Å². The number of carbonyl (C=O) groups excluding carboxylic acids is 2. The van der Waals surface area contributed by atoms with E-state index in [4.69, 9.17) is 4.74 Å². The van der Waals surface area contributed by atoms with E-state index in [0.29, 0.717) is 11.4 Å². The summed E-state index contributed by atoms with van der Waals surface area (Å²) < 4.78 is 33.8. The standard InChI is InChI=1S/C29H35N3O5S/c1-21(2)30-29(34)23(4)31(19-24-12-10-9-11-22(24)3)28(33)20-32(25-13-7-6-8-14-25)38(35,36)27-17-15-26(37-5)16-18-27/h6-18,21,23H,19-20H2,1-5H3,(H,30,34). The molecule has 0 aliphatic rings. The molecule has 2 amide bonds. The highest BCUT2D eigenvalue weighted by Gasteiger charge is 2.32. The number of ether oxygens (including phenoxy) is 1. The van der Waals surface area contributed by atoms with Crippen LogP contribution >= 0.6 is 0 Å². The van der Waals surface area contributed by atoms with Gasteiger partial charge in [-0.2, -0.15) is 0 Å². The summed E-state index contributed by atoms with van der Waals surface area (Å²) in [4.78, 5) is 28.3. The number of hydrogen-bond donors (Lipinski definition) is 1. The highest BCUT2D eigenvalue weighted by atomic mass is 32.2. The quantitative estimate of drug-likeness (QED) is 0.397. The lowest BCUT2D eigenvalue weighted by atomic mass is 10.1. The van der Waals surface area contributed by atoms with Crippen molar-refractivity contribution in [3.8, 4) is 5.75 Å². The van der Waals surface area contributed by atoms with Crippen LogP contribution in [0.4, 0.5) is 5.69 Å². The summed E-state index contributed by atoms with van der Waals surface area (Å²) in [5.74, 6) is -0.299. The highest BCUT2D eigenvalue weighted by Crippen LogP contribution is 2.26. The van der Waals surface area contributed by atoms with Crippen LogP contribution in [0.3, 0.4) is 0 Å². The van der Waals surface area contributed by atoms with Crippen LogP contribution in [-0.2, 0) is 26.2 Å². The van der Waals surface area contributed by atoms with Crippen LogP contribution in [0.5, 0.6) is 5.75 Å². The van der Waals surface area contributed by atoms with Gasteiger partial charge >= 0.3 is 0 Å². The van der Waals surface area contributed by atoms with Gasteiger partial charge in [0.05, 0.1) is 17.7 Å². The van der Waals surface area contributed by atoms with E-state index in [9.17, 15) is 18.0 Å². The van der Waals surface area contributed by atoms with E-state index >= 15 is 0 Å². The van der Waals surface area contributed by atoms with Crippen LogP contribution in [-0.4, -0.2) is 50.9 Å². The molecule has 0 saturated heterocycles. The van der Waals surface area contributed by atoms with Gasteiger partial charge in [0.25, 0.3) is 10.0 Å². The second kappa shape index (κ2) is 12.6. The summed E-state index contributed by atoms with van der Waals surface area (Å²) in [6, 6.07) is 21.1. The molecule has 38 heavy (non-hydrogen) atoms. The van der Waals surface area contributed by atoms with E-state index in [1.807, 2.05) is 45.0 Å². The first-order valence-corrected chi connectivity index (χ1v) is 13.8. The van der Waals surface area contributed by atoms with Crippen LogP contribution in [0.25, 0.3) is 0 Å². The van der Waals surface area contributed by atoms with Crippen molar-refractivity contribution in [3.05, 3.63) is 90.0 Å². The van der Waals surface area contributed by atoms with Crippen LogP contribution in [0, 0.1) is 6.92 Å². The Morgan fingerprint density at radius 3 is 2.08 bits per heavy atom. The summed E-state index contributed by atoms with van der Waals surface area (Å²) in [6.07, 6.45) is 0. The molecule has 1 N–H and O–H groups in total. The molecule has 1 atom stereocenters. The van der Waals surface area contributed by atoms with Crippen LogP contribution in [0.2, 0.25) is 0 Å². The van der Waals surface area contributed by atoms with Crippen molar-refractivity contribution in [1.82, 2.24) is 10.2 Å². The van der Waals surface area contributed by atoms with E-state index in [1.54, 1.807) is 49.4 Å². The molecule has 0 spiro atoms. The first kappa shape index (κ1) is 28.7. The highest BCUT2D eigenvalue weighted by molar-refractivity contribution is 7.92. The number of sulfonamides is 1. The summed E-state index contributed by atoms with van der Waals surface area (Å²) in [6.45, 7) is 6.94. The zero-order valence-corrected chi connectivity index (χ0v) is 23.2. The van der Waals surface area contributed by atoms with Gasteiger partial charge in [0.1, 0.15) is 18.3 Å². The minimum absolute atomic E-state index is 0.0195. The number of nitrogens with zero attached hydrogens (tertiary/aromatic N) is 2. The molecule has 8 nitrogen and oxygen atoms in total. The molecule has 3 aromatic rings. The van der Waals surface area contributed by atoms with Gasteiger partial charge in [-0.1, -0.05) is 42.5 Å². The number of benzene rings is 3. The molecule has 0 aliphatic heterocycles. The molecule has 1 unspecified atom stereocenters.